The molecule has 4 nitrogen and oxygen atoms in total. The molecular formula is C27H25NO3. The Labute approximate surface area is 182 Å². The van der Waals surface area contributed by atoms with Crippen LogP contribution in [0.1, 0.15) is 44.6 Å². The molecule has 0 bridgehead atoms. The van der Waals surface area contributed by atoms with E-state index in [1.807, 2.05) is 12.1 Å². The van der Waals surface area contributed by atoms with Crippen LogP contribution in [0.2, 0.25) is 0 Å². The maximum Gasteiger partial charge on any atom is 0.335 e. The zero-order valence-electron chi connectivity index (χ0n) is 17.4. The molecule has 0 atom stereocenters. The number of carbonyl (C=O) groups is 1. The lowest BCUT2D eigenvalue weighted by Crippen LogP contribution is -2.31. The van der Waals surface area contributed by atoms with E-state index in [1.54, 1.807) is 18.2 Å². The van der Waals surface area contributed by atoms with Crippen molar-refractivity contribution in [3.8, 4) is 5.75 Å². The van der Waals surface area contributed by atoms with Crippen molar-refractivity contribution in [2.24, 2.45) is 0 Å². The minimum absolute atomic E-state index is 0.278. The van der Waals surface area contributed by atoms with E-state index < -0.39 is 5.97 Å². The van der Waals surface area contributed by atoms with Gasteiger partial charge in [0.1, 0.15) is 12.4 Å². The van der Waals surface area contributed by atoms with Gasteiger partial charge in [0.25, 0.3) is 0 Å². The first-order chi connectivity index (χ1) is 15.2. The molecule has 0 spiro atoms. The summed E-state index contributed by atoms with van der Waals surface area (Å²) < 4.78 is 6.03. The summed E-state index contributed by atoms with van der Waals surface area (Å²) in [7, 11) is 0. The number of rotatable bonds is 4. The number of hydrogen-bond acceptors (Lipinski definition) is 3. The second-order valence-electron chi connectivity index (χ2n) is 8.16. The molecule has 0 saturated carbocycles. The molecule has 0 aliphatic carbocycles. The van der Waals surface area contributed by atoms with Gasteiger partial charge in [0.15, 0.2) is 0 Å². The average Bonchev–Trinajstić information content (AvgIpc) is 2.96. The topological polar surface area (TPSA) is 49.8 Å². The van der Waals surface area contributed by atoms with Crippen LogP contribution in [0.25, 0.3) is 5.57 Å². The smallest absolute Gasteiger partial charge is 0.335 e. The minimum Gasteiger partial charge on any atom is -0.488 e. The highest BCUT2D eigenvalue weighted by molar-refractivity contribution is 5.92. The Morgan fingerprint density at radius 2 is 1.74 bits per heavy atom. The predicted molar refractivity (Wildman–Crippen MR) is 121 cm³/mol. The molecule has 5 rings (SSSR count). The minimum atomic E-state index is -0.924. The first-order valence-electron chi connectivity index (χ1n) is 10.8. The largest absolute Gasteiger partial charge is 0.488 e. The molecule has 2 heterocycles. The van der Waals surface area contributed by atoms with Crippen LogP contribution in [-0.4, -0.2) is 29.1 Å². The van der Waals surface area contributed by atoms with Gasteiger partial charge in [-0.15, -0.1) is 0 Å². The van der Waals surface area contributed by atoms with Crippen molar-refractivity contribution in [2.45, 2.75) is 26.0 Å². The van der Waals surface area contributed by atoms with Gasteiger partial charge in [-0.1, -0.05) is 54.6 Å². The molecule has 0 amide bonds. The highest BCUT2D eigenvalue weighted by Gasteiger charge is 2.21. The molecule has 3 aromatic rings. The van der Waals surface area contributed by atoms with Crippen LogP contribution in [0.4, 0.5) is 0 Å². The summed E-state index contributed by atoms with van der Waals surface area (Å²) in [6, 6.07) is 22.0. The Kier molecular flexibility index (Phi) is 5.31. The predicted octanol–water partition coefficient (Wildman–Crippen LogP) is 5.16. The number of fused-ring (bicyclic) bond motifs is 3. The van der Waals surface area contributed by atoms with E-state index in [9.17, 15) is 9.90 Å². The summed E-state index contributed by atoms with van der Waals surface area (Å²) in [4.78, 5) is 14.1. The Hall–Kier alpha value is -3.37. The number of benzene rings is 3. The van der Waals surface area contributed by atoms with Gasteiger partial charge < -0.3 is 9.84 Å². The molecule has 156 valence electrons. The van der Waals surface area contributed by atoms with E-state index in [-0.39, 0.29) is 5.56 Å². The zero-order valence-corrected chi connectivity index (χ0v) is 17.4. The number of nitrogens with zero attached hydrogens (tertiary/aromatic N) is 1. The van der Waals surface area contributed by atoms with E-state index in [0.717, 1.165) is 60.5 Å². The number of aromatic carboxylic acids is 1. The normalized spacial score (nSPS) is 16.6. The number of carboxylic acid groups (broad SMARTS) is 1. The quantitative estimate of drug-likeness (QED) is 0.644. The van der Waals surface area contributed by atoms with Crippen LogP contribution >= 0.6 is 0 Å². The summed E-state index contributed by atoms with van der Waals surface area (Å²) in [5.41, 5.74) is 7.31. The van der Waals surface area contributed by atoms with Crippen molar-refractivity contribution >= 4 is 11.5 Å². The summed E-state index contributed by atoms with van der Waals surface area (Å²) >= 11 is 0. The molecule has 0 saturated heterocycles. The fourth-order valence-corrected chi connectivity index (χ4v) is 4.57. The van der Waals surface area contributed by atoms with Crippen LogP contribution in [-0.2, 0) is 19.6 Å². The molecule has 0 aromatic heterocycles. The number of hydrogen-bond donors (Lipinski definition) is 1. The molecule has 3 aromatic carbocycles. The molecule has 2 aliphatic rings. The van der Waals surface area contributed by atoms with E-state index in [2.05, 4.69) is 47.4 Å². The summed E-state index contributed by atoms with van der Waals surface area (Å²) in [6.07, 6.45) is 4.23. The number of ether oxygens (including phenoxy) is 1. The molecule has 1 N–H and O–H groups in total. The first-order valence-corrected chi connectivity index (χ1v) is 10.8. The van der Waals surface area contributed by atoms with Crippen LogP contribution < -0.4 is 4.74 Å². The highest BCUT2D eigenvalue weighted by Crippen LogP contribution is 2.37. The lowest BCUT2D eigenvalue weighted by Gasteiger charge is -2.28. The van der Waals surface area contributed by atoms with Crippen molar-refractivity contribution in [3.05, 3.63) is 106 Å². The maximum absolute atomic E-state index is 11.6. The Morgan fingerprint density at radius 3 is 2.58 bits per heavy atom. The van der Waals surface area contributed by atoms with Gasteiger partial charge in [-0.05, 0) is 58.9 Å². The van der Waals surface area contributed by atoms with E-state index in [4.69, 9.17) is 4.74 Å². The molecule has 0 radical (unpaired) electrons. The van der Waals surface area contributed by atoms with Crippen LogP contribution in [0.5, 0.6) is 5.75 Å². The van der Waals surface area contributed by atoms with Crippen molar-refractivity contribution in [2.75, 3.05) is 13.1 Å². The van der Waals surface area contributed by atoms with E-state index in [0.29, 0.717) is 6.61 Å². The SMILES string of the molecule is O=C(O)c1ccc2c(c1)/C(=C/CCN1CCc3ccccc3C1)c1ccccc1CO2. The Balaban J connectivity index is 1.44. The summed E-state index contributed by atoms with van der Waals surface area (Å²) in [6.45, 7) is 3.50. The third-order valence-electron chi connectivity index (χ3n) is 6.21. The first kappa shape index (κ1) is 19.6. The Morgan fingerprint density at radius 1 is 0.968 bits per heavy atom. The highest BCUT2D eigenvalue weighted by atomic mass is 16.5. The fraction of sp³-hybridized carbons (Fsp3) is 0.222. The van der Waals surface area contributed by atoms with Crippen LogP contribution in [0.15, 0.2) is 72.8 Å². The monoisotopic (exact) mass is 411 g/mol. The average molecular weight is 412 g/mol. The van der Waals surface area contributed by atoms with Crippen molar-refractivity contribution in [1.29, 1.82) is 0 Å². The second-order valence-corrected chi connectivity index (χ2v) is 8.16. The maximum atomic E-state index is 11.6. The molecule has 2 aliphatic heterocycles. The lowest BCUT2D eigenvalue weighted by atomic mass is 9.92. The van der Waals surface area contributed by atoms with Gasteiger partial charge in [-0.3, -0.25) is 4.90 Å². The molecule has 0 unspecified atom stereocenters. The molecular weight excluding hydrogens is 386 g/mol. The van der Waals surface area contributed by atoms with Crippen LogP contribution in [0, 0.1) is 0 Å². The van der Waals surface area contributed by atoms with Crippen LogP contribution in [0.3, 0.4) is 0 Å². The second kappa shape index (κ2) is 8.40. The number of carboxylic acids is 1. The van der Waals surface area contributed by atoms with Gasteiger partial charge in [-0.25, -0.2) is 4.79 Å². The van der Waals surface area contributed by atoms with E-state index >= 15 is 0 Å². The standard InChI is InChI=1S/C27H25NO3/c29-27(30)20-11-12-26-25(16-20)24(23-9-4-3-8-22(23)18-31-26)10-5-14-28-15-13-19-6-1-2-7-21(19)17-28/h1-4,6-12,16H,5,13-15,17-18H2,(H,29,30)/b24-10+. The van der Waals surface area contributed by atoms with Gasteiger partial charge in [0.2, 0.25) is 0 Å². The third-order valence-corrected chi connectivity index (χ3v) is 6.21. The van der Waals surface area contributed by atoms with Gasteiger partial charge in [-0.2, -0.15) is 0 Å². The Bertz CT molecular complexity index is 1160. The summed E-state index contributed by atoms with van der Waals surface area (Å²) in [5.74, 6) is -0.189. The lowest BCUT2D eigenvalue weighted by molar-refractivity contribution is 0.0697. The van der Waals surface area contributed by atoms with E-state index in [1.165, 1.54) is 11.1 Å². The third kappa shape index (κ3) is 3.99. The summed E-state index contributed by atoms with van der Waals surface area (Å²) in [5, 5.41) is 9.50. The molecule has 0 fully saturated rings. The fourth-order valence-electron chi connectivity index (χ4n) is 4.57. The van der Waals surface area contributed by atoms with Crippen molar-refractivity contribution in [1.82, 2.24) is 4.90 Å². The zero-order chi connectivity index (χ0) is 21.2. The van der Waals surface area contributed by atoms with Crippen molar-refractivity contribution < 1.29 is 14.6 Å². The van der Waals surface area contributed by atoms with Crippen molar-refractivity contribution in [3.63, 3.8) is 0 Å². The van der Waals surface area contributed by atoms with Gasteiger partial charge in [0, 0.05) is 25.2 Å². The molecule has 4 heteroatoms. The van der Waals surface area contributed by atoms with Gasteiger partial charge in [0.05, 0.1) is 5.56 Å². The van der Waals surface area contributed by atoms with Gasteiger partial charge >= 0.3 is 5.97 Å². The molecule has 31 heavy (non-hydrogen) atoms.